The molecule has 0 radical (unpaired) electrons. The number of urea groups is 1. The Labute approximate surface area is 107 Å². The van der Waals surface area contributed by atoms with Crippen molar-refractivity contribution in [2.45, 2.75) is 36.4 Å². The number of hydrogen-bond acceptors (Lipinski definition) is 4. The van der Waals surface area contributed by atoms with Gasteiger partial charge in [-0.15, -0.1) is 0 Å². The van der Waals surface area contributed by atoms with Crippen LogP contribution in [0.2, 0.25) is 0 Å². The van der Waals surface area contributed by atoms with Crippen LogP contribution in [0.4, 0.5) is 4.79 Å². The summed E-state index contributed by atoms with van der Waals surface area (Å²) in [5, 5.41) is 11.3. The Bertz CT molecular complexity index is 347. The van der Waals surface area contributed by atoms with Crippen molar-refractivity contribution in [3.63, 3.8) is 0 Å². The molecule has 0 aromatic carbocycles. The number of halogens is 1. The van der Waals surface area contributed by atoms with Gasteiger partial charge in [-0.25, -0.2) is 4.79 Å². The Balaban J connectivity index is 2.06. The molecule has 7 heteroatoms. The Morgan fingerprint density at radius 1 is 1.59 bits per heavy atom. The summed E-state index contributed by atoms with van der Waals surface area (Å²) in [6.45, 7) is 1.93. The minimum absolute atomic E-state index is 0.0452. The van der Waals surface area contributed by atoms with Crippen molar-refractivity contribution in [1.82, 2.24) is 10.2 Å². The normalized spacial score (nSPS) is 38.4. The molecule has 2 N–H and O–H groups in total. The summed E-state index contributed by atoms with van der Waals surface area (Å²) >= 11 is 3.29. The van der Waals surface area contributed by atoms with Crippen LogP contribution in [-0.2, 0) is 9.53 Å². The number of aliphatic hydroxyl groups excluding tert-OH is 1. The third-order valence-electron chi connectivity index (χ3n) is 3.06. The van der Waals surface area contributed by atoms with Gasteiger partial charge < -0.3 is 9.84 Å². The molecule has 3 atom stereocenters. The molecule has 3 amide bonds. The zero-order chi connectivity index (χ0) is 12.6. The molecule has 1 unspecified atom stereocenters. The van der Waals surface area contributed by atoms with Gasteiger partial charge >= 0.3 is 6.03 Å². The van der Waals surface area contributed by atoms with Crippen LogP contribution in [0.15, 0.2) is 0 Å². The lowest BCUT2D eigenvalue weighted by Crippen LogP contribution is -2.62. The van der Waals surface area contributed by atoms with Crippen LogP contribution in [0.25, 0.3) is 0 Å². The highest BCUT2D eigenvalue weighted by Crippen LogP contribution is 2.29. The molecule has 0 spiro atoms. The lowest BCUT2D eigenvalue weighted by Gasteiger charge is -2.38. The number of ether oxygens (including phenoxy) is 1. The molecule has 0 aliphatic carbocycles. The van der Waals surface area contributed by atoms with E-state index in [1.807, 2.05) is 0 Å². The summed E-state index contributed by atoms with van der Waals surface area (Å²) in [5.74, 6) is -0.338. The van der Waals surface area contributed by atoms with Crippen molar-refractivity contribution in [2.75, 3.05) is 13.2 Å². The van der Waals surface area contributed by atoms with Crippen molar-refractivity contribution in [2.24, 2.45) is 0 Å². The number of hydrogen-bond donors (Lipinski definition) is 2. The highest BCUT2D eigenvalue weighted by Gasteiger charge is 2.44. The minimum atomic E-state index is -0.790. The van der Waals surface area contributed by atoms with Gasteiger partial charge in [0.05, 0.1) is 12.7 Å². The van der Waals surface area contributed by atoms with Gasteiger partial charge in [-0.1, -0.05) is 15.9 Å². The maximum Gasteiger partial charge on any atom is 0.326 e. The van der Waals surface area contributed by atoms with Crippen LogP contribution in [0.5, 0.6) is 0 Å². The summed E-state index contributed by atoms with van der Waals surface area (Å²) in [6, 6.07) is -0.435. The Kier molecular flexibility index (Phi) is 3.42. The first-order chi connectivity index (χ1) is 7.94. The van der Waals surface area contributed by atoms with Crippen molar-refractivity contribution < 1.29 is 19.4 Å². The molecule has 0 aromatic rings. The summed E-state index contributed by atoms with van der Waals surface area (Å²) in [7, 11) is 0. The highest BCUT2D eigenvalue weighted by molar-refractivity contribution is 9.10. The van der Waals surface area contributed by atoms with Gasteiger partial charge in [-0.3, -0.25) is 15.0 Å². The molecule has 2 saturated heterocycles. The van der Waals surface area contributed by atoms with E-state index in [0.717, 1.165) is 6.42 Å². The first-order valence-corrected chi connectivity index (χ1v) is 6.30. The Hall–Kier alpha value is -0.660. The number of rotatable bonds is 2. The van der Waals surface area contributed by atoms with E-state index in [9.17, 15) is 9.59 Å². The number of alkyl halides is 1. The van der Waals surface area contributed by atoms with Crippen molar-refractivity contribution in [3.05, 3.63) is 0 Å². The molecule has 17 heavy (non-hydrogen) atoms. The summed E-state index contributed by atoms with van der Waals surface area (Å²) in [5.41, 5.74) is 0. The number of carbonyl (C=O) groups excluding carboxylic acids is 2. The number of aliphatic hydroxyl groups is 1. The zero-order valence-electron chi connectivity index (χ0n) is 9.48. The SMILES string of the molecule is CC1(Br)CN([C@H]2CC[C@@H](CO)O2)C(=O)NC1=O. The largest absolute Gasteiger partial charge is 0.394 e. The van der Waals surface area contributed by atoms with Crippen molar-refractivity contribution in [1.29, 1.82) is 0 Å². The number of nitrogens with zero attached hydrogens (tertiary/aromatic N) is 1. The second kappa shape index (κ2) is 4.55. The van der Waals surface area contributed by atoms with Crippen LogP contribution in [-0.4, -0.2) is 51.8 Å². The van der Waals surface area contributed by atoms with Gasteiger partial charge in [0, 0.05) is 6.54 Å². The fraction of sp³-hybridized carbons (Fsp3) is 0.800. The molecular weight excluding hydrogens is 292 g/mol. The summed E-state index contributed by atoms with van der Waals surface area (Å²) in [6.07, 6.45) is 0.817. The smallest absolute Gasteiger partial charge is 0.326 e. The third-order valence-corrected chi connectivity index (χ3v) is 3.67. The van der Waals surface area contributed by atoms with Gasteiger partial charge in [0.25, 0.3) is 0 Å². The van der Waals surface area contributed by atoms with Gasteiger partial charge in [0.15, 0.2) is 0 Å². The van der Waals surface area contributed by atoms with E-state index < -0.39 is 10.4 Å². The molecule has 2 fully saturated rings. The fourth-order valence-corrected chi connectivity index (χ4v) is 2.41. The summed E-state index contributed by atoms with van der Waals surface area (Å²) in [4.78, 5) is 24.7. The summed E-state index contributed by atoms with van der Waals surface area (Å²) < 4.78 is 4.74. The molecule has 0 saturated carbocycles. The van der Waals surface area contributed by atoms with Crippen LogP contribution < -0.4 is 5.32 Å². The maximum atomic E-state index is 11.7. The van der Waals surface area contributed by atoms with E-state index in [2.05, 4.69) is 21.2 Å². The Morgan fingerprint density at radius 2 is 2.29 bits per heavy atom. The van der Waals surface area contributed by atoms with Crippen molar-refractivity contribution >= 4 is 27.9 Å². The standard InChI is InChI=1S/C10H15BrN2O4/c1-10(11)5-13(9(16)12-8(10)15)7-3-2-6(4-14)17-7/h6-7,14H,2-5H2,1H3,(H,12,15,16)/t6-,7+,10?/m0/s1. The quantitative estimate of drug-likeness (QED) is 0.714. The van der Waals surface area contributed by atoms with Crippen LogP contribution in [0, 0.1) is 0 Å². The van der Waals surface area contributed by atoms with E-state index in [1.54, 1.807) is 6.92 Å². The second-order valence-electron chi connectivity index (χ2n) is 4.56. The molecule has 6 nitrogen and oxygen atoms in total. The first kappa shape index (κ1) is 12.8. The average Bonchev–Trinajstić information content (AvgIpc) is 2.72. The van der Waals surface area contributed by atoms with E-state index in [-0.39, 0.29) is 31.4 Å². The van der Waals surface area contributed by atoms with E-state index in [0.29, 0.717) is 6.42 Å². The van der Waals surface area contributed by atoms with Crippen molar-refractivity contribution in [3.8, 4) is 0 Å². The second-order valence-corrected chi connectivity index (χ2v) is 6.31. The fourth-order valence-electron chi connectivity index (χ4n) is 2.05. The molecule has 2 heterocycles. The Morgan fingerprint density at radius 3 is 2.88 bits per heavy atom. The molecule has 2 aliphatic heterocycles. The maximum absolute atomic E-state index is 11.7. The number of amides is 3. The monoisotopic (exact) mass is 306 g/mol. The first-order valence-electron chi connectivity index (χ1n) is 5.51. The van der Waals surface area contributed by atoms with E-state index in [1.165, 1.54) is 4.90 Å². The predicted molar refractivity (Wildman–Crippen MR) is 62.6 cm³/mol. The van der Waals surface area contributed by atoms with E-state index >= 15 is 0 Å². The minimum Gasteiger partial charge on any atom is -0.394 e. The van der Waals surface area contributed by atoms with Gasteiger partial charge in [0.1, 0.15) is 10.6 Å². The lowest BCUT2D eigenvalue weighted by atomic mass is 10.1. The number of carbonyl (C=O) groups is 2. The topological polar surface area (TPSA) is 78.9 Å². The van der Waals surface area contributed by atoms with Gasteiger partial charge in [-0.2, -0.15) is 0 Å². The van der Waals surface area contributed by atoms with Crippen LogP contribution >= 0.6 is 15.9 Å². The predicted octanol–water partition coefficient (Wildman–Crippen LogP) is 0.189. The molecule has 0 bridgehead atoms. The number of nitrogens with one attached hydrogen (secondary N) is 1. The molecule has 2 aliphatic rings. The molecule has 2 rings (SSSR count). The molecule has 96 valence electrons. The van der Waals surface area contributed by atoms with Gasteiger partial charge in [-0.05, 0) is 19.8 Å². The zero-order valence-corrected chi connectivity index (χ0v) is 11.1. The highest BCUT2D eigenvalue weighted by atomic mass is 79.9. The molecular formula is C10H15BrN2O4. The number of imide groups is 1. The van der Waals surface area contributed by atoms with Crippen LogP contribution in [0.3, 0.4) is 0 Å². The average molecular weight is 307 g/mol. The van der Waals surface area contributed by atoms with Gasteiger partial charge in [0.2, 0.25) is 5.91 Å². The van der Waals surface area contributed by atoms with E-state index in [4.69, 9.17) is 9.84 Å². The lowest BCUT2D eigenvalue weighted by molar-refractivity contribution is -0.126. The van der Waals surface area contributed by atoms with Crippen LogP contribution in [0.1, 0.15) is 19.8 Å². The molecule has 0 aromatic heterocycles. The third kappa shape index (κ3) is 2.46.